The normalized spacial score (nSPS) is 16.5. The lowest BCUT2D eigenvalue weighted by molar-refractivity contribution is -0.144. The Labute approximate surface area is 127 Å². The third-order valence-corrected chi connectivity index (χ3v) is 3.92. The molecule has 8 heteroatoms. The number of aliphatic carboxylic acids is 1. The Morgan fingerprint density at radius 3 is 2.19 bits per heavy atom. The molecule has 0 aliphatic heterocycles. The van der Waals surface area contributed by atoms with Gasteiger partial charge in [-0.05, 0) is 25.0 Å². The molecule has 0 saturated heterocycles. The predicted molar refractivity (Wildman–Crippen MR) is 75.0 cm³/mol. The summed E-state index contributed by atoms with van der Waals surface area (Å²) in [6, 6.07) is 1.06. The van der Waals surface area contributed by atoms with Crippen molar-refractivity contribution in [1.29, 1.82) is 0 Å². The van der Waals surface area contributed by atoms with Crippen LogP contribution in [0.2, 0.25) is 0 Å². The number of carboxylic acid groups (broad SMARTS) is 1. The molecule has 3 N–H and O–H groups in total. The number of hydrogen-bond donors (Lipinski definition) is 3. The van der Waals surface area contributed by atoms with Gasteiger partial charge in [0.05, 0.1) is 0 Å². The van der Waals surface area contributed by atoms with Gasteiger partial charge in [-0.2, -0.15) is 0 Å². The molecule has 1 saturated carbocycles. The minimum atomic E-state index is -1.37. The van der Waals surface area contributed by atoms with E-state index in [4.69, 9.17) is 0 Å². The number of amides is 2. The zero-order chi connectivity index (χ0) is 15.6. The number of carboxylic acids is 1. The molecule has 21 heavy (non-hydrogen) atoms. The topological polar surface area (TPSA) is 78.4 Å². The van der Waals surface area contributed by atoms with Crippen LogP contribution in [0.1, 0.15) is 25.7 Å². The van der Waals surface area contributed by atoms with E-state index in [9.17, 15) is 23.5 Å². The van der Waals surface area contributed by atoms with Gasteiger partial charge >= 0.3 is 12.0 Å². The van der Waals surface area contributed by atoms with Crippen molar-refractivity contribution in [2.24, 2.45) is 0 Å². The molecule has 2 rings (SSSR count). The van der Waals surface area contributed by atoms with E-state index in [1.54, 1.807) is 0 Å². The number of hydrogen-bond acceptors (Lipinski definition) is 2. The third kappa shape index (κ3) is 3.31. The second-order valence-electron chi connectivity index (χ2n) is 4.92. The summed E-state index contributed by atoms with van der Waals surface area (Å²) in [7, 11) is 0. The average Bonchev–Trinajstić information content (AvgIpc) is 2.83. The van der Waals surface area contributed by atoms with Gasteiger partial charge in [0.1, 0.15) is 11.2 Å². The molecule has 1 aliphatic rings. The number of anilines is 1. The Bertz CT molecular complexity index is 566. The van der Waals surface area contributed by atoms with E-state index in [-0.39, 0.29) is 4.47 Å². The van der Waals surface area contributed by atoms with Gasteiger partial charge in [-0.3, -0.25) is 0 Å². The molecule has 1 aromatic rings. The summed E-state index contributed by atoms with van der Waals surface area (Å²) >= 11 is 2.93. The monoisotopic (exact) mass is 362 g/mol. The predicted octanol–water partition coefficient (Wildman–Crippen LogP) is 3.25. The fraction of sp³-hybridized carbons (Fsp3) is 0.385. The number of carbonyl (C=O) groups is 2. The average molecular weight is 363 g/mol. The largest absolute Gasteiger partial charge is 0.480 e. The van der Waals surface area contributed by atoms with Crippen molar-refractivity contribution in [3.8, 4) is 0 Å². The maximum Gasteiger partial charge on any atom is 0.329 e. The lowest BCUT2D eigenvalue weighted by Gasteiger charge is -2.25. The lowest BCUT2D eigenvalue weighted by Crippen LogP contribution is -2.53. The Morgan fingerprint density at radius 1 is 1.19 bits per heavy atom. The van der Waals surface area contributed by atoms with Crippen molar-refractivity contribution < 1.29 is 23.5 Å². The van der Waals surface area contributed by atoms with Crippen molar-refractivity contribution >= 4 is 33.6 Å². The number of rotatable bonds is 3. The van der Waals surface area contributed by atoms with E-state index in [0.717, 1.165) is 12.1 Å². The van der Waals surface area contributed by atoms with Crippen LogP contribution in [0.25, 0.3) is 0 Å². The van der Waals surface area contributed by atoms with Gasteiger partial charge < -0.3 is 15.7 Å². The van der Waals surface area contributed by atoms with Crippen molar-refractivity contribution in [1.82, 2.24) is 5.32 Å². The highest BCUT2D eigenvalue weighted by Gasteiger charge is 2.42. The van der Waals surface area contributed by atoms with E-state index >= 15 is 0 Å². The zero-order valence-electron chi connectivity index (χ0n) is 10.9. The fourth-order valence-corrected chi connectivity index (χ4v) is 2.80. The number of nitrogens with one attached hydrogen (secondary N) is 2. The molecule has 0 radical (unpaired) electrons. The first kappa shape index (κ1) is 15.7. The van der Waals surface area contributed by atoms with E-state index in [2.05, 4.69) is 21.2 Å². The third-order valence-electron chi connectivity index (χ3n) is 3.46. The SMILES string of the molecule is O=C(Nc1c(F)cc(Br)cc1F)NC1(C(=O)O)CCCC1. The Kier molecular flexibility index (Phi) is 4.46. The van der Waals surface area contributed by atoms with Gasteiger partial charge in [-0.15, -0.1) is 0 Å². The molecule has 2 amide bonds. The number of carbonyl (C=O) groups excluding carboxylic acids is 1. The molecule has 0 unspecified atom stereocenters. The molecular weight excluding hydrogens is 350 g/mol. The van der Waals surface area contributed by atoms with Crippen molar-refractivity contribution in [3.05, 3.63) is 28.2 Å². The van der Waals surface area contributed by atoms with E-state index in [1.165, 1.54) is 0 Å². The van der Waals surface area contributed by atoms with Gasteiger partial charge in [-0.1, -0.05) is 28.8 Å². The highest BCUT2D eigenvalue weighted by molar-refractivity contribution is 9.10. The molecule has 0 heterocycles. The minimum absolute atomic E-state index is 0.196. The maximum atomic E-state index is 13.6. The molecule has 0 bridgehead atoms. The molecule has 1 aliphatic carbocycles. The van der Waals surface area contributed by atoms with Crippen LogP contribution in [0.4, 0.5) is 19.3 Å². The van der Waals surface area contributed by atoms with Crippen LogP contribution >= 0.6 is 15.9 Å². The molecule has 0 spiro atoms. The van der Waals surface area contributed by atoms with Crippen LogP contribution in [0, 0.1) is 11.6 Å². The first-order chi connectivity index (χ1) is 9.84. The lowest BCUT2D eigenvalue weighted by atomic mass is 9.98. The summed E-state index contributed by atoms with van der Waals surface area (Å²) in [6.07, 6.45) is 1.93. The molecule has 1 aromatic carbocycles. The first-order valence-corrected chi connectivity index (χ1v) is 7.10. The summed E-state index contributed by atoms with van der Waals surface area (Å²) < 4.78 is 27.4. The molecule has 5 nitrogen and oxygen atoms in total. The van der Waals surface area contributed by atoms with Gasteiger partial charge in [0, 0.05) is 4.47 Å². The Morgan fingerprint density at radius 2 is 1.71 bits per heavy atom. The van der Waals surface area contributed by atoms with Gasteiger partial charge in [0.25, 0.3) is 0 Å². The zero-order valence-corrected chi connectivity index (χ0v) is 12.5. The number of benzene rings is 1. The summed E-state index contributed by atoms with van der Waals surface area (Å²) in [5, 5.41) is 13.6. The van der Waals surface area contributed by atoms with Crippen LogP contribution in [0.3, 0.4) is 0 Å². The first-order valence-electron chi connectivity index (χ1n) is 6.31. The van der Waals surface area contributed by atoms with Crippen LogP contribution in [-0.4, -0.2) is 22.6 Å². The summed E-state index contributed by atoms with van der Waals surface area (Å²) in [6.45, 7) is 0. The summed E-state index contributed by atoms with van der Waals surface area (Å²) in [5.41, 5.74) is -1.99. The summed E-state index contributed by atoms with van der Waals surface area (Å²) in [4.78, 5) is 23.1. The molecule has 114 valence electrons. The Hall–Kier alpha value is -1.70. The fourth-order valence-electron chi connectivity index (χ4n) is 2.39. The van der Waals surface area contributed by atoms with E-state index < -0.39 is 34.9 Å². The van der Waals surface area contributed by atoms with Crippen molar-refractivity contribution in [2.45, 2.75) is 31.2 Å². The highest BCUT2D eigenvalue weighted by Crippen LogP contribution is 2.30. The molecule has 0 atom stereocenters. The van der Waals surface area contributed by atoms with Gasteiger partial charge in [0.2, 0.25) is 0 Å². The van der Waals surface area contributed by atoms with Crippen LogP contribution in [0.5, 0.6) is 0 Å². The van der Waals surface area contributed by atoms with E-state index in [1.807, 2.05) is 5.32 Å². The van der Waals surface area contributed by atoms with Crippen molar-refractivity contribution in [3.63, 3.8) is 0 Å². The molecular formula is C13H13BrF2N2O3. The van der Waals surface area contributed by atoms with Crippen LogP contribution in [0.15, 0.2) is 16.6 Å². The Balaban J connectivity index is 2.14. The maximum absolute atomic E-state index is 13.6. The van der Waals surface area contributed by atoms with Gasteiger partial charge in [0.15, 0.2) is 11.6 Å². The van der Waals surface area contributed by atoms with Crippen molar-refractivity contribution in [2.75, 3.05) is 5.32 Å². The number of halogens is 3. The van der Waals surface area contributed by atoms with E-state index in [0.29, 0.717) is 25.7 Å². The number of urea groups is 1. The molecule has 1 fully saturated rings. The standard InChI is InChI=1S/C13H13BrF2N2O3/c14-7-5-8(15)10(9(16)6-7)17-12(21)18-13(11(19)20)3-1-2-4-13/h5-6H,1-4H2,(H,19,20)(H2,17,18,21). The summed E-state index contributed by atoms with van der Waals surface area (Å²) in [5.74, 6) is -3.05. The van der Waals surface area contributed by atoms with Gasteiger partial charge in [-0.25, -0.2) is 18.4 Å². The second kappa shape index (κ2) is 5.97. The quantitative estimate of drug-likeness (QED) is 0.772. The highest BCUT2D eigenvalue weighted by atomic mass is 79.9. The van der Waals surface area contributed by atoms with Crippen LogP contribution < -0.4 is 10.6 Å². The molecule has 0 aromatic heterocycles. The smallest absolute Gasteiger partial charge is 0.329 e. The second-order valence-corrected chi connectivity index (χ2v) is 5.83. The minimum Gasteiger partial charge on any atom is -0.480 e. The van der Waals surface area contributed by atoms with Crippen LogP contribution in [-0.2, 0) is 4.79 Å².